The third kappa shape index (κ3) is 3.84. The summed E-state index contributed by atoms with van der Waals surface area (Å²) in [4.78, 5) is 14.2. The molecule has 2 N–H and O–H groups in total. The third-order valence-corrected chi connectivity index (χ3v) is 3.44. The van der Waals surface area contributed by atoms with Crippen LogP contribution in [-0.4, -0.2) is 36.1 Å². The first-order chi connectivity index (χ1) is 8.47. The molecule has 1 aromatic carbocycles. The second-order valence-electron chi connectivity index (χ2n) is 4.70. The van der Waals surface area contributed by atoms with Crippen LogP contribution in [0.3, 0.4) is 0 Å². The summed E-state index contributed by atoms with van der Waals surface area (Å²) in [5.74, 6) is -0.0259. The molecule has 2 rings (SSSR count). The molecule has 1 aliphatic heterocycles. The molecule has 0 aliphatic carbocycles. The Hall–Kier alpha value is -0.780. The van der Waals surface area contributed by atoms with E-state index >= 15 is 0 Å². The number of morpholine rings is 1. The maximum Gasteiger partial charge on any atom is 0.256 e. The Kier molecular flexibility index (Phi) is 5.64. The van der Waals surface area contributed by atoms with Crippen molar-refractivity contribution in [2.24, 2.45) is 0 Å². The molecule has 1 aliphatic rings. The maximum atomic E-state index is 12.4. The van der Waals surface area contributed by atoms with Crippen molar-refractivity contribution >= 4 is 39.9 Å². The van der Waals surface area contributed by atoms with Crippen molar-refractivity contribution < 1.29 is 9.53 Å². The highest BCUT2D eigenvalue weighted by atomic mass is 79.9. The van der Waals surface area contributed by atoms with Crippen LogP contribution in [0.15, 0.2) is 22.7 Å². The molecule has 0 unspecified atom stereocenters. The molecule has 0 aromatic heterocycles. The van der Waals surface area contributed by atoms with Crippen LogP contribution in [0.25, 0.3) is 0 Å². The fraction of sp³-hybridized carbons (Fsp3) is 0.462. The van der Waals surface area contributed by atoms with Crippen LogP contribution >= 0.6 is 28.3 Å². The van der Waals surface area contributed by atoms with Crippen molar-refractivity contribution in [3.8, 4) is 0 Å². The highest BCUT2D eigenvalue weighted by Gasteiger charge is 2.27. The third-order valence-electron chi connectivity index (χ3n) is 2.95. The number of nitrogens with zero attached hydrogens (tertiary/aromatic N) is 1. The molecular formula is C13H18BrClN2O2. The van der Waals surface area contributed by atoms with Crippen molar-refractivity contribution in [2.45, 2.75) is 26.1 Å². The molecule has 1 saturated heterocycles. The van der Waals surface area contributed by atoms with E-state index in [9.17, 15) is 4.79 Å². The Morgan fingerprint density at radius 3 is 2.47 bits per heavy atom. The molecule has 0 spiro atoms. The lowest BCUT2D eigenvalue weighted by Gasteiger charge is -2.35. The van der Waals surface area contributed by atoms with E-state index in [1.807, 2.05) is 19.9 Å². The number of carbonyl (C=O) groups excluding carboxylic acids is 1. The average molecular weight is 350 g/mol. The quantitative estimate of drug-likeness (QED) is 0.793. The number of amides is 1. The zero-order chi connectivity index (χ0) is 13.3. The van der Waals surface area contributed by atoms with Gasteiger partial charge in [0.2, 0.25) is 0 Å². The van der Waals surface area contributed by atoms with Crippen molar-refractivity contribution in [3.63, 3.8) is 0 Å². The standard InChI is InChI=1S/C13H17BrN2O2.ClH/c1-8-6-16(7-9(2)18-8)13(17)11-4-3-10(14)5-12(11)15;/h3-5,8-9H,6-7,15H2,1-2H3;1H/t8-,9+;. The smallest absolute Gasteiger partial charge is 0.256 e. The summed E-state index contributed by atoms with van der Waals surface area (Å²) in [5.41, 5.74) is 6.95. The first kappa shape index (κ1) is 16.3. The predicted molar refractivity (Wildman–Crippen MR) is 81.7 cm³/mol. The molecule has 1 amide bonds. The van der Waals surface area contributed by atoms with Crippen molar-refractivity contribution in [3.05, 3.63) is 28.2 Å². The van der Waals surface area contributed by atoms with Crippen LogP contribution in [0.4, 0.5) is 5.69 Å². The summed E-state index contributed by atoms with van der Waals surface area (Å²) in [6.45, 7) is 5.17. The van der Waals surface area contributed by atoms with E-state index in [2.05, 4.69) is 15.9 Å². The summed E-state index contributed by atoms with van der Waals surface area (Å²) in [5, 5.41) is 0. The van der Waals surface area contributed by atoms with E-state index < -0.39 is 0 Å². The van der Waals surface area contributed by atoms with Gasteiger partial charge in [0.05, 0.1) is 17.8 Å². The van der Waals surface area contributed by atoms with Gasteiger partial charge in [-0.25, -0.2) is 0 Å². The average Bonchev–Trinajstić information content (AvgIpc) is 2.26. The molecule has 1 fully saturated rings. The van der Waals surface area contributed by atoms with Gasteiger partial charge in [-0.3, -0.25) is 4.79 Å². The minimum absolute atomic E-state index is 0. The van der Waals surface area contributed by atoms with Crippen molar-refractivity contribution in [1.82, 2.24) is 4.90 Å². The van der Waals surface area contributed by atoms with Gasteiger partial charge in [0, 0.05) is 23.2 Å². The van der Waals surface area contributed by atoms with Gasteiger partial charge < -0.3 is 15.4 Å². The minimum Gasteiger partial charge on any atom is -0.398 e. The molecule has 2 atom stereocenters. The van der Waals surface area contributed by atoms with Crippen LogP contribution < -0.4 is 5.73 Å². The van der Waals surface area contributed by atoms with E-state index in [-0.39, 0.29) is 30.5 Å². The normalized spacial score (nSPS) is 22.8. The molecule has 106 valence electrons. The lowest BCUT2D eigenvalue weighted by Crippen LogP contribution is -2.48. The van der Waals surface area contributed by atoms with Gasteiger partial charge in [-0.2, -0.15) is 0 Å². The van der Waals surface area contributed by atoms with E-state index in [0.717, 1.165) is 4.47 Å². The largest absolute Gasteiger partial charge is 0.398 e. The fourth-order valence-corrected chi connectivity index (χ4v) is 2.62. The van der Waals surface area contributed by atoms with Crippen LogP contribution in [0.1, 0.15) is 24.2 Å². The molecule has 6 heteroatoms. The Balaban J connectivity index is 0.00000180. The van der Waals surface area contributed by atoms with E-state index in [1.165, 1.54) is 0 Å². The van der Waals surface area contributed by atoms with Gasteiger partial charge in [-0.1, -0.05) is 15.9 Å². The van der Waals surface area contributed by atoms with Crippen LogP contribution in [0, 0.1) is 0 Å². The summed E-state index contributed by atoms with van der Waals surface area (Å²) in [7, 11) is 0. The lowest BCUT2D eigenvalue weighted by atomic mass is 10.1. The number of nitrogens with two attached hydrogens (primary N) is 1. The molecule has 0 saturated carbocycles. The number of halogens is 2. The Labute approximate surface area is 127 Å². The summed E-state index contributed by atoms with van der Waals surface area (Å²) >= 11 is 3.34. The fourth-order valence-electron chi connectivity index (χ4n) is 2.24. The number of anilines is 1. The summed E-state index contributed by atoms with van der Waals surface area (Å²) in [6, 6.07) is 5.34. The van der Waals surface area contributed by atoms with E-state index in [1.54, 1.807) is 17.0 Å². The maximum absolute atomic E-state index is 12.4. The lowest BCUT2D eigenvalue weighted by molar-refractivity contribution is -0.0585. The minimum atomic E-state index is -0.0259. The number of ether oxygens (including phenoxy) is 1. The monoisotopic (exact) mass is 348 g/mol. The Morgan fingerprint density at radius 1 is 1.37 bits per heavy atom. The molecule has 19 heavy (non-hydrogen) atoms. The highest BCUT2D eigenvalue weighted by Crippen LogP contribution is 2.21. The molecular weight excluding hydrogens is 332 g/mol. The number of hydrogen-bond donors (Lipinski definition) is 1. The van der Waals surface area contributed by atoms with Crippen LogP contribution in [0.2, 0.25) is 0 Å². The number of nitrogen functional groups attached to an aromatic ring is 1. The van der Waals surface area contributed by atoms with Gasteiger partial charge in [0.15, 0.2) is 0 Å². The second kappa shape index (κ2) is 6.59. The summed E-state index contributed by atoms with van der Waals surface area (Å²) < 4.78 is 6.49. The molecule has 0 radical (unpaired) electrons. The number of rotatable bonds is 1. The van der Waals surface area contributed by atoms with Crippen molar-refractivity contribution in [1.29, 1.82) is 0 Å². The van der Waals surface area contributed by atoms with E-state index in [0.29, 0.717) is 24.3 Å². The number of hydrogen-bond acceptors (Lipinski definition) is 3. The first-order valence-corrected chi connectivity index (χ1v) is 6.76. The number of carbonyl (C=O) groups is 1. The highest BCUT2D eigenvalue weighted by molar-refractivity contribution is 9.10. The molecule has 4 nitrogen and oxygen atoms in total. The summed E-state index contributed by atoms with van der Waals surface area (Å²) in [6.07, 6.45) is 0.128. The van der Waals surface area contributed by atoms with E-state index in [4.69, 9.17) is 10.5 Å². The first-order valence-electron chi connectivity index (χ1n) is 5.97. The van der Waals surface area contributed by atoms with Gasteiger partial charge in [0.25, 0.3) is 5.91 Å². The molecule has 1 heterocycles. The van der Waals surface area contributed by atoms with Gasteiger partial charge in [-0.15, -0.1) is 12.4 Å². The van der Waals surface area contributed by atoms with Crippen LogP contribution in [-0.2, 0) is 4.74 Å². The van der Waals surface area contributed by atoms with Gasteiger partial charge in [0.1, 0.15) is 0 Å². The van der Waals surface area contributed by atoms with Crippen molar-refractivity contribution in [2.75, 3.05) is 18.8 Å². The number of benzene rings is 1. The van der Waals surface area contributed by atoms with Crippen LogP contribution in [0.5, 0.6) is 0 Å². The zero-order valence-electron chi connectivity index (χ0n) is 10.9. The Bertz CT molecular complexity index is 460. The van der Waals surface area contributed by atoms with Gasteiger partial charge >= 0.3 is 0 Å². The predicted octanol–water partition coefficient (Wildman–Crippen LogP) is 2.70. The Morgan fingerprint density at radius 2 is 1.95 bits per heavy atom. The van der Waals surface area contributed by atoms with Gasteiger partial charge in [-0.05, 0) is 32.0 Å². The SMILES string of the molecule is C[C@@H]1CN(C(=O)c2ccc(Br)cc2N)C[C@H](C)O1.Cl. The second-order valence-corrected chi connectivity index (χ2v) is 5.61. The topological polar surface area (TPSA) is 55.6 Å². The molecule has 0 bridgehead atoms. The zero-order valence-corrected chi connectivity index (χ0v) is 13.3. The molecule has 1 aromatic rings.